The van der Waals surface area contributed by atoms with Gasteiger partial charge in [0.15, 0.2) is 0 Å². The SMILES string of the molecule is NC(=O)CCNC(=O)c1ccc(I)cc1. The van der Waals surface area contributed by atoms with Gasteiger partial charge in [0.2, 0.25) is 5.91 Å². The zero-order valence-electron chi connectivity index (χ0n) is 8.00. The maximum absolute atomic E-state index is 11.5. The number of halogens is 1. The third kappa shape index (κ3) is 4.28. The van der Waals surface area contributed by atoms with E-state index in [0.717, 1.165) is 3.57 Å². The van der Waals surface area contributed by atoms with E-state index < -0.39 is 5.91 Å². The molecular formula is C10H11IN2O2. The predicted molar refractivity (Wildman–Crippen MR) is 65.3 cm³/mol. The van der Waals surface area contributed by atoms with E-state index in [2.05, 4.69) is 27.9 Å². The highest BCUT2D eigenvalue weighted by Crippen LogP contribution is 2.06. The molecule has 0 bridgehead atoms. The number of carbonyl (C=O) groups is 2. The van der Waals surface area contributed by atoms with Crippen LogP contribution >= 0.6 is 22.6 Å². The van der Waals surface area contributed by atoms with Crippen LogP contribution in [0.5, 0.6) is 0 Å². The highest BCUT2D eigenvalue weighted by molar-refractivity contribution is 14.1. The number of primary amides is 1. The monoisotopic (exact) mass is 318 g/mol. The third-order valence-corrected chi connectivity index (χ3v) is 2.48. The van der Waals surface area contributed by atoms with Crippen molar-refractivity contribution in [2.24, 2.45) is 5.73 Å². The Labute approximate surface area is 101 Å². The fourth-order valence-electron chi connectivity index (χ4n) is 1.00. The summed E-state index contributed by atoms with van der Waals surface area (Å²) in [5, 5.41) is 2.61. The number of hydrogen-bond acceptors (Lipinski definition) is 2. The van der Waals surface area contributed by atoms with E-state index in [9.17, 15) is 9.59 Å². The Morgan fingerprint density at radius 2 is 1.87 bits per heavy atom. The molecule has 0 aliphatic carbocycles. The third-order valence-electron chi connectivity index (χ3n) is 1.76. The molecule has 0 saturated carbocycles. The number of hydrogen-bond donors (Lipinski definition) is 2. The van der Waals surface area contributed by atoms with Gasteiger partial charge in [-0.3, -0.25) is 9.59 Å². The molecule has 15 heavy (non-hydrogen) atoms. The topological polar surface area (TPSA) is 72.2 Å². The van der Waals surface area contributed by atoms with Crippen molar-refractivity contribution < 1.29 is 9.59 Å². The lowest BCUT2D eigenvalue weighted by Crippen LogP contribution is -2.27. The average Bonchev–Trinajstić information content (AvgIpc) is 2.18. The van der Waals surface area contributed by atoms with Gasteiger partial charge < -0.3 is 11.1 Å². The first kappa shape index (κ1) is 12.0. The van der Waals surface area contributed by atoms with Crippen molar-refractivity contribution in [3.8, 4) is 0 Å². The number of rotatable bonds is 4. The maximum Gasteiger partial charge on any atom is 0.251 e. The van der Waals surface area contributed by atoms with E-state index in [1.165, 1.54) is 0 Å². The average molecular weight is 318 g/mol. The number of carbonyl (C=O) groups excluding carboxylic acids is 2. The smallest absolute Gasteiger partial charge is 0.251 e. The van der Waals surface area contributed by atoms with Gasteiger partial charge in [0.05, 0.1) is 0 Å². The zero-order valence-corrected chi connectivity index (χ0v) is 10.2. The van der Waals surface area contributed by atoms with E-state index >= 15 is 0 Å². The summed E-state index contributed by atoms with van der Waals surface area (Å²) < 4.78 is 1.07. The van der Waals surface area contributed by atoms with Crippen molar-refractivity contribution in [2.75, 3.05) is 6.54 Å². The molecule has 0 aliphatic heterocycles. The van der Waals surface area contributed by atoms with Crippen LogP contribution in [-0.2, 0) is 4.79 Å². The fraction of sp³-hybridized carbons (Fsp3) is 0.200. The lowest BCUT2D eigenvalue weighted by Gasteiger charge is -2.03. The van der Waals surface area contributed by atoms with Gasteiger partial charge in [-0.25, -0.2) is 0 Å². The standard InChI is InChI=1S/C10H11IN2O2/c11-8-3-1-7(2-4-8)10(15)13-6-5-9(12)14/h1-4H,5-6H2,(H2,12,14)(H,13,15). The summed E-state index contributed by atoms with van der Waals surface area (Å²) in [6.07, 6.45) is 0.163. The first-order valence-corrected chi connectivity index (χ1v) is 5.49. The molecule has 1 rings (SSSR count). The number of nitrogens with two attached hydrogens (primary N) is 1. The minimum absolute atomic E-state index is 0.163. The summed E-state index contributed by atoms with van der Waals surface area (Å²) >= 11 is 2.16. The molecule has 0 radical (unpaired) electrons. The maximum atomic E-state index is 11.5. The van der Waals surface area contributed by atoms with E-state index in [0.29, 0.717) is 5.56 Å². The first-order chi connectivity index (χ1) is 7.09. The van der Waals surface area contributed by atoms with Crippen molar-refractivity contribution in [3.63, 3.8) is 0 Å². The number of nitrogens with one attached hydrogen (secondary N) is 1. The molecule has 0 saturated heterocycles. The molecule has 1 aromatic carbocycles. The van der Waals surface area contributed by atoms with Gasteiger partial charge in [0, 0.05) is 22.1 Å². The highest BCUT2D eigenvalue weighted by atomic mass is 127. The molecule has 0 aliphatic rings. The minimum atomic E-state index is -0.419. The van der Waals surface area contributed by atoms with Crippen LogP contribution in [0.25, 0.3) is 0 Å². The summed E-state index contributed by atoms with van der Waals surface area (Å²) in [4.78, 5) is 21.9. The Hall–Kier alpha value is -1.11. The van der Waals surface area contributed by atoms with Crippen molar-refractivity contribution >= 4 is 34.4 Å². The van der Waals surface area contributed by atoms with Gasteiger partial charge in [0.25, 0.3) is 5.91 Å². The Balaban J connectivity index is 2.47. The second-order valence-corrected chi connectivity index (χ2v) is 4.22. The Bertz CT molecular complexity index is 362. The lowest BCUT2D eigenvalue weighted by molar-refractivity contribution is -0.117. The Kier molecular flexibility index (Phi) is 4.54. The second kappa shape index (κ2) is 5.69. The van der Waals surface area contributed by atoms with E-state index in [4.69, 9.17) is 5.73 Å². The largest absolute Gasteiger partial charge is 0.370 e. The summed E-state index contributed by atoms with van der Waals surface area (Å²) in [5.74, 6) is -0.606. The summed E-state index contributed by atoms with van der Waals surface area (Å²) in [7, 11) is 0. The predicted octanol–water partition coefficient (Wildman–Crippen LogP) is 0.896. The van der Waals surface area contributed by atoms with Gasteiger partial charge in [-0.05, 0) is 46.9 Å². The van der Waals surface area contributed by atoms with Crippen LogP contribution in [0.15, 0.2) is 24.3 Å². The molecule has 0 atom stereocenters. The molecule has 0 unspecified atom stereocenters. The van der Waals surface area contributed by atoms with Gasteiger partial charge in [-0.1, -0.05) is 0 Å². The molecule has 0 heterocycles. The highest BCUT2D eigenvalue weighted by Gasteiger charge is 2.04. The van der Waals surface area contributed by atoms with Gasteiger partial charge in [-0.2, -0.15) is 0 Å². The summed E-state index contributed by atoms with van der Waals surface area (Å²) in [5.41, 5.74) is 5.53. The van der Waals surface area contributed by atoms with Crippen LogP contribution in [-0.4, -0.2) is 18.4 Å². The van der Waals surface area contributed by atoms with Gasteiger partial charge >= 0.3 is 0 Å². The molecule has 3 N–H and O–H groups in total. The van der Waals surface area contributed by atoms with E-state index in [1.54, 1.807) is 12.1 Å². The lowest BCUT2D eigenvalue weighted by atomic mass is 10.2. The van der Waals surface area contributed by atoms with Crippen molar-refractivity contribution in [1.82, 2.24) is 5.32 Å². The molecule has 1 aromatic rings. The molecule has 5 heteroatoms. The molecule has 0 spiro atoms. The molecule has 0 fully saturated rings. The fourth-order valence-corrected chi connectivity index (χ4v) is 1.36. The molecule has 0 aromatic heterocycles. The second-order valence-electron chi connectivity index (χ2n) is 2.98. The van der Waals surface area contributed by atoms with Gasteiger partial charge in [-0.15, -0.1) is 0 Å². The van der Waals surface area contributed by atoms with Gasteiger partial charge in [0.1, 0.15) is 0 Å². The minimum Gasteiger partial charge on any atom is -0.370 e. The van der Waals surface area contributed by atoms with E-state index in [-0.39, 0.29) is 18.9 Å². The molecule has 4 nitrogen and oxygen atoms in total. The van der Waals surface area contributed by atoms with Crippen LogP contribution in [0.3, 0.4) is 0 Å². The van der Waals surface area contributed by atoms with Crippen LogP contribution in [0.1, 0.15) is 16.8 Å². The van der Waals surface area contributed by atoms with Crippen LogP contribution in [0.2, 0.25) is 0 Å². The summed E-state index contributed by atoms with van der Waals surface area (Å²) in [6.45, 7) is 0.278. The van der Waals surface area contributed by atoms with E-state index in [1.807, 2.05) is 12.1 Å². The van der Waals surface area contributed by atoms with Crippen molar-refractivity contribution in [3.05, 3.63) is 33.4 Å². The molecular weight excluding hydrogens is 307 g/mol. The zero-order chi connectivity index (χ0) is 11.3. The quantitative estimate of drug-likeness (QED) is 0.810. The van der Waals surface area contributed by atoms with Crippen LogP contribution < -0.4 is 11.1 Å². The first-order valence-electron chi connectivity index (χ1n) is 4.41. The molecule has 2 amide bonds. The van der Waals surface area contributed by atoms with Crippen molar-refractivity contribution in [1.29, 1.82) is 0 Å². The Morgan fingerprint density at radius 3 is 2.40 bits per heavy atom. The normalized spacial score (nSPS) is 9.67. The number of benzene rings is 1. The van der Waals surface area contributed by atoms with Crippen LogP contribution in [0.4, 0.5) is 0 Å². The summed E-state index contributed by atoms with van der Waals surface area (Å²) in [6, 6.07) is 7.18. The van der Waals surface area contributed by atoms with Crippen molar-refractivity contribution in [2.45, 2.75) is 6.42 Å². The number of amides is 2. The Morgan fingerprint density at radius 1 is 1.27 bits per heavy atom. The molecule has 80 valence electrons. The van der Waals surface area contributed by atoms with Crippen LogP contribution in [0, 0.1) is 3.57 Å².